The quantitative estimate of drug-likeness (QED) is 0.652. The summed E-state index contributed by atoms with van der Waals surface area (Å²) >= 11 is 14.0. The van der Waals surface area contributed by atoms with E-state index in [1.54, 1.807) is 11.8 Å². The minimum atomic E-state index is 0.322. The zero-order chi connectivity index (χ0) is 15.2. The Labute approximate surface area is 141 Å². The van der Waals surface area contributed by atoms with Crippen molar-refractivity contribution in [2.75, 3.05) is 6.54 Å². The second kappa shape index (κ2) is 8.09. The van der Waals surface area contributed by atoms with Crippen LogP contribution in [0.1, 0.15) is 31.0 Å². The number of hydrogen-bond donors (Lipinski definition) is 1. The summed E-state index contributed by atoms with van der Waals surface area (Å²) in [6, 6.07) is 14.5. The third kappa shape index (κ3) is 4.93. The van der Waals surface area contributed by atoms with E-state index >= 15 is 0 Å². The van der Waals surface area contributed by atoms with Gasteiger partial charge in [-0.3, -0.25) is 0 Å². The molecule has 1 atom stereocenters. The van der Waals surface area contributed by atoms with Crippen molar-refractivity contribution < 1.29 is 0 Å². The summed E-state index contributed by atoms with van der Waals surface area (Å²) in [4.78, 5) is 1.11. The Hall–Kier alpha value is -0.670. The molecule has 0 aliphatic heterocycles. The van der Waals surface area contributed by atoms with Gasteiger partial charge in [0.05, 0.1) is 5.02 Å². The topological polar surface area (TPSA) is 12.0 Å². The molecule has 1 unspecified atom stereocenters. The average Bonchev–Trinajstić information content (AvgIpc) is 2.48. The summed E-state index contributed by atoms with van der Waals surface area (Å²) in [5.41, 5.74) is 2.46. The SMILES string of the molecule is CCNC(C)c1ccc(SCc2ccc(Cl)cc2)c(Cl)c1. The molecule has 2 aromatic rings. The van der Waals surface area contributed by atoms with Gasteiger partial charge >= 0.3 is 0 Å². The largest absolute Gasteiger partial charge is 0.310 e. The maximum atomic E-state index is 6.40. The van der Waals surface area contributed by atoms with E-state index in [2.05, 4.69) is 37.4 Å². The highest BCUT2D eigenvalue weighted by Gasteiger charge is 2.08. The van der Waals surface area contributed by atoms with Crippen LogP contribution in [-0.2, 0) is 5.75 Å². The summed E-state index contributed by atoms with van der Waals surface area (Å²) in [5.74, 6) is 0.888. The number of halogens is 2. The van der Waals surface area contributed by atoms with E-state index in [9.17, 15) is 0 Å². The van der Waals surface area contributed by atoms with Crippen LogP contribution in [0.15, 0.2) is 47.4 Å². The van der Waals surface area contributed by atoms with Gasteiger partial charge in [-0.05, 0) is 48.9 Å². The Kier molecular flexibility index (Phi) is 6.43. The molecule has 0 heterocycles. The van der Waals surface area contributed by atoms with Crippen molar-refractivity contribution in [2.24, 2.45) is 0 Å². The molecule has 1 N–H and O–H groups in total. The summed E-state index contributed by atoms with van der Waals surface area (Å²) in [5, 5.41) is 4.98. The molecule has 112 valence electrons. The second-order valence-corrected chi connectivity index (χ2v) is 6.75. The monoisotopic (exact) mass is 339 g/mol. The van der Waals surface area contributed by atoms with Crippen molar-refractivity contribution in [3.8, 4) is 0 Å². The van der Waals surface area contributed by atoms with E-state index in [4.69, 9.17) is 23.2 Å². The van der Waals surface area contributed by atoms with Gasteiger partial charge in [0.25, 0.3) is 0 Å². The van der Waals surface area contributed by atoms with Crippen LogP contribution in [0.2, 0.25) is 10.0 Å². The molecule has 0 bridgehead atoms. The van der Waals surface area contributed by atoms with Crippen LogP contribution in [-0.4, -0.2) is 6.54 Å². The molecule has 4 heteroatoms. The van der Waals surface area contributed by atoms with E-state index in [1.807, 2.05) is 24.3 Å². The van der Waals surface area contributed by atoms with Crippen LogP contribution in [0.4, 0.5) is 0 Å². The lowest BCUT2D eigenvalue weighted by Gasteiger charge is -2.14. The molecule has 0 aliphatic carbocycles. The first-order chi connectivity index (χ1) is 10.1. The third-order valence-electron chi connectivity index (χ3n) is 3.27. The fourth-order valence-corrected chi connectivity index (χ4v) is 3.42. The summed E-state index contributed by atoms with van der Waals surface area (Å²) < 4.78 is 0. The minimum absolute atomic E-state index is 0.322. The van der Waals surface area contributed by atoms with Crippen molar-refractivity contribution in [3.63, 3.8) is 0 Å². The van der Waals surface area contributed by atoms with Crippen LogP contribution < -0.4 is 5.32 Å². The summed E-state index contributed by atoms with van der Waals surface area (Å²) in [6.45, 7) is 5.20. The predicted molar refractivity (Wildman–Crippen MR) is 94.6 cm³/mol. The lowest BCUT2D eigenvalue weighted by atomic mass is 10.1. The maximum Gasteiger partial charge on any atom is 0.0545 e. The van der Waals surface area contributed by atoms with Gasteiger partial charge < -0.3 is 5.32 Å². The Bertz CT molecular complexity index is 584. The fraction of sp³-hybridized carbons (Fsp3) is 0.294. The smallest absolute Gasteiger partial charge is 0.0545 e. The molecule has 1 nitrogen and oxygen atoms in total. The van der Waals surface area contributed by atoms with Crippen molar-refractivity contribution in [1.29, 1.82) is 0 Å². The van der Waals surface area contributed by atoms with E-state index in [0.717, 1.165) is 27.2 Å². The Morgan fingerprint density at radius 3 is 2.43 bits per heavy atom. The Morgan fingerprint density at radius 1 is 1.10 bits per heavy atom. The molecular weight excluding hydrogens is 321 g/mol. The van der Waals surface area contributed by atoms with Gasteiger partial charge in [0.15, 0.2) is 0 Å². The number of thioether (sulfide) groups is 1. The van der Waals surface area contributed by atoms with Gasteiger partial charge in [0.1, 0.15) is 0 Å². The highest BCUT2D eigenvalue weighted by molar-refractivity contribution is 7.98. The van der Waals surface area contributed by atoms with Gasteiger partial charge in [-0.15, -0.1) is 11.8 Å². The standard InChI is InChI=1S/C17H19Cl2NS/c1-3-20-12(2)14-6-9-17(16(19)10-14)21-11-13-4-7-15(18)8-5-13/h4-10,12,20H,3,11H2,1-2H3. The van der Waals surface area contributed by atoms with E-state index in [1.165, 1.54) is 11.1 Å². The van der Waals surface area contributed by atoms with E-state index in [0.29, 0.717) is 6.04 Å². The Morgan fingerprint density at radius 2 is 1.81 bits per heavy atom. The molecule has 2 aromatic carbocycles. The number of hydrogen-bond acceptors (Lipinski definition) is 2. The molecule has 0 saturated carbocycles. The lowest BCUT2D eigenvalue weighted by molar-refractivity contribution is 0.598. The Balaban J connectivity index is 2.02. The third-order valence-corrected chi connectivity index (χ3v) is 5.10. The molecule has 0 fully saturated rings. The minimum Gasteiger partial charge on any atom is -0.310 e. The molecule has 2 rings (SSSR count). The first kappa shape index (κ1) is 16.7. The first-order valence-corrected chi connectivity index (χ1v) is 8.74. The van der Waals surface area contributed by atoms with Gasteiger partial charge in [0, 0.05) is 21.7 Å². The van der Waals surface area contributed by atoms with Gasteiger partial charge in [-0.1, -0.05) is 48.3 Å². The molecule has 21 heavy (non-hydrogen) atoms. The van der Waals surface area contributed by atoms with Gasteiger partial charge in [-0.25, -0.2) is 0 Å². The van der Waals surface area contributed by atoms with Crippen LogP contribution in [0.25, 0.3) is 0 Å². The van der Waals surface area contributed by atoms with Crippen LogP contribution in [0, 0.1) is 0 Å². The van der Waals surface area contributed by atoms with E-state index in [-0.39, 0.29) is 0 Å². The zero-order valence-corrected chi connectivity index (χ0v) is 14.5. The second-order valence-electron chi connectivity index (χ2n) is 4.88. The number of nitrogens with one attached hydrogen (secondary N) is 1. The van der Waals surface area contributed by atoms with Crippen LogP contribution in [0.5, 0.6) is 0 Å². The molecule has 0 spiro atoms. The van der Waals surface area contributed by atoms with Gasteiger partial charge in [-0.2, -0.15) is 0 Å². The van der Waals surface area contributed by atoms with Crippen molar-refractivity contribution in [1.82, 2.24) is 5.32 Å². The summed E-state index contributed by atoms with van der Waals surface area (Å²) in [6.07, 6.45) is 0. The molecule has 0 aliphatic rings. The van der Waals surface area contributed by atoms with E-state index < -0.39 is 0 Å². The highest BCUT2D eigenvalue weighted by atomic mass is 35.5. The number of rotatable bonds is 6. The summed E-state index contributed by atoms with van der Waals surface area (Å²) in [7, 11) is 0. The highest BCUT2D eigenvalue weighted by Crippen LogP contribution is 2.32. The molecule has 0 radical (unpaired) electrons. The fourth-order valence-electron chi connectivity index (χ4n) is 2.07. The lowest BCUT2D eigenvalue weighted by Crippen LogP contribution is -2.17. The van der Waals surface area contributed by atoms with Gasteiger partial charge in [0.2, 0.25) is 0 Å². The molecule has 0 amide bonds. The zero-order valence-electron chi connectivity index (χ0n) is 12.2. The number of benzene rings is 2. The van der Waals surface area contributed by atoms with Crippen LogP contribution >= 0.6 is 35.0 Å². The maximum absolute atomic E-state index is 6.40. The first-order valence-electron chi connectivity index (χ1n) is 7.00. The van der Waals surface area contributed by atoms with Crippen molar-refractivity contribution in [3.05, 3.63) is 63.6 Å². The van der Waals surface area contributed by atoms with Crippen LogP contribution in [0.3, 0.4) is 0 Å². The predicted octanol–water partition coefficient (Wildman–Crippen LogP) is 5.96. The normalized spacial score (nSPS) is 12.4. The average molecular weight is 340 g/mol. The van der Waals surface area contributed by atoms with Crippen molar-refractivity contribution in [2.45, 2.75) is 30.5 Å². The molecule has 0 saturated heterocycles. The van der Waals surface area contributed by atoms with Crippen molar-refractivity contribution >= 4 is 35.0 Å². The molecule has 0 aromatic heterocycles. The molecular formula is C17H19Cl2NS.